The van der Waals surface area contributed by atoms with Crippen LogP contribution >= 0.6 is 11.3 Å². The van der Waals surface area contributed by atoms with E-state index in [9.17, 15) is 0 Å². The molecule has 3 heteroatoms. The molecule has 0 N–H and O–H groups in total. The molecular weight excluding hydrogens is 412 g/mol. The molecule has 0 aliphatic carbocycles. The third kappa shape index (κ3) is 5.43. The Labute approximate surface area is 194 Å². The lowest BCUT2D eigenvalue weighted by Crippen LogP contribution is -1.98. The molecule has 0 aliphatic rings. The second-order valence-corrected chi connectivity index (χ2v) is 8.37. The lowest BCUT2D eigenvalue weighted by atomic mass is 10.0. The van der Waals surface area contributed by atoms with Gasteiger partial charge < -0.3 is 9.47 Å². The van der Waals surface area contributed by atoms with Crippen molar-refractivity contribution in [2.75, 3.05) is 13.2 Å². The topological polar surface area (TPSA) is 18.5 Å². The third-order valence-electron chi connectivity index (χ3n) is 4.99. The Bertz CT molecular complexity index is 1130. The van der Waals surface area contributed by atoms with Crippen molar-refractivity contribution in [3.05, 3.63) is 101 Å². The molecule has 4 rings (SSSR count). The first-order chi connectivity index (χ1) is 15.8. The van der Waals surface area contributed by atoms with Crippen molar-refractivity contribution in [2.45, 2.75) is 13.8 Å². The minimum absolute atomic E-state index is 0.606. The first-order valence-electron chi connectivity index (χ1n) is 10.9. The summed E-state index contributed by atoms with van der Waals surface area (Å²) in [6, 6.07) is 31.7. The fraction of sp³-hybridized carbons (Fsp3) is 0.138. The van der Waals surface area contributed by atoms with Gasteiger partial charge in [-0.3, -0.25) is 0 Å². The zero-order valence-corrected chi connectivity index (χ0v) is 19.3. The largest absolute Gasteiger partial charge is 0.490 e. The van der Waals surface area contributed by atoms with Gasteiger partial charge in [0.15, 0.2) is 11.5 Å². The van der Waals surface area contributed by atoms with Gasteiger partial charge in [-0.05, 0) is 60.9 Å². The van der Waals surface area contributed by atoms with Gasteiger partial charge in [0.25, 0.3) is 0 Å². The van der Waals surface area contributed by atoms with E-state index >= 15 is 0 Å². The molecule has 0 bridgehead atoms. The van der Waals surface area contributed by atoms with Gasteiger partial charge in [0.05, 0.1) is 13.2 Å². The summed E-state index contributed by atoms with van der Waals surface area (Å²) in [5, 5.41) is 0. The van der Waals surface area contributed by atoms with Gasteiger partial charge in [0.2, 0.25) is 21.1 Å². The summed E-state index contributed by atoms with van der Waals surface area (Å²) in [4.78, 5) is 2.44. The molecule has 2 nitrogen and oxygen atoms in total. The molecule has 0 saturated carbocycles. The predicted molar refractivity (Wildman–Crippen MR) is 137 cm³/mol. The molecule has 0 amide bonds. The molecule has 0 spiro atoms. The summed E-state index contributed by atoms with van der Waals surface area (Å²) >= 11 is 1.79. The van der Waals surface area contributed by atoms with Gasteiger partial charge >= 0.3 is 0 Å². The zero-order valence-electron chi connectivity index (χ0n) is 18.5. The van der Waals surface area contributed by atoms with E-state index in [1.54, 1.807) is 11.3 Å². The van der Waals surface area contributed by atoms with Gasteiger partial charge in [-0.1, -0.05) is 54.6 Å². The number of ether oxygens (including phenoxy) is 2. The van der Waals surface area contributed by atoms with Crippen molar-refractivity contribution >= 4 is 23.5 Å². The lowest BCUT2D eigenvalue weighted by Gasteiger charge is -2.11. The normalized spacial score (nSPS) is 10.9. The van der Waals surface area contributed by atoms with Crippen LogP contribution in [0.2, 0.25) is 0 Å². The average Bonchev–Trinajstić information content (AvgIpc) is 2.85. The second kappa shape index (κ2) is 10.7. The highest BCUT2D eigenvalue weighted by molar-refractivity contribution is 7.16. The van der Waals surface area contributed by atoms with Gasteiger partial charge in [0, 0.05) is 23.8 Å². The lowest BCUT2D eigenvalue weighted by molar-refractivity contribution is 0.287. The van der Waals surface area contributed by atoms with Crippen LogP contribution in [-0.4, -0.2) is 13.2 Å². The monoisotopic (exact) mass is 439 g/mol. The van der Waals surface area contributed by atoms with E-state index in [4.69, 9.17) is 9.47 Å². The predicted octanol–water partition coefficient (Wildman–Crippen LogP) is 8.33. The number of rotatable bonds is 8. The molecule has 1 heterocycles. The standard InChI is InChI=1S/C29H27O2S/c1-3-30-27-18-16-22(19-28(27)31-4-2)15-17-26-20-25(23-11-7-5-8-12-23)21-29(32-26)24-13-9-6-10-14-24/h5-21H,3-4H2,1-2H3/q+1. The molecule has 3 aromatic carbocycles. The van der Waals surface area contributed by atoms with Crippen LogP contribution in [0.5, 0.6) is 11.5 Å². The van der Waals surface area contributed by atoms with Crippen molar-refractivity contribution in [1.82, 2.24) is 0 Å². The van der Waals surface area contributed by atoms with Crippen LogP contribution in [-0.2, 0) is 0 Å². The minimum Gasteiger partial charge on any atom is -0.490 e. The van der Waals surface area contributed by atoms with Crippen LogP contribution in [0.3, 0.4) is 0 Å². The van der Waals surface area contributed by atoms with Crippen LogP contribution in [0.15, 0.2) is 91.0 Å². The first kappa shape index (κ1) is 21.8. The summed E-state index contributed by atoms with van der Waals surface area (Å²) < 4.78 is 11.5. The molecule has 0 atom stereocenters. The Morgan fingerprint density at radius 2 is 1.28 bits per heavy atom. The fourth-order valence-electron chi connectivity index (χ4n) is 3.50. The van der Waals surface area contributed by atoms with E-state index in [0.717, 1.165) is 17.1 Å². The van der Waals surface area contributed by atoms with E-state index in [0.29, 0.717) is 13.2 Å². The molecule has 0 radical (unpaired) electrons. The highest BCUT2D eigenvalue weighted by atomic mass is 32.1. The summed E-state index contributed by atoms with van der Waals surface area (Å²) in [7, 11) is 0. The number of hydrogen-bond donors (Lipinski definition) is 0. The van der Waals surface area contributed by atoms with Crippen molar-refractivity contribution in [1.29, 1.82) is 0 Å². The maximum atomic E-state index is 5.78. The van der Waals surface area contributed by atoms with Crippen molar-refractivity contribution in [2.24, 2.45) is 0 Å². The summed E-state index contributed by atoms with van der Waals surface area (Å²) in [6.07, 6.45) is 4.31. The highest BCUT2D eigenvalue weighted by Crippen LogP contribution is 2.34. The highest BCUT2D eigenvalue weighted by Gasteiger charge is 2.16. The summed E-state index contributed by atoms with van der Waals surface area (Å²) in [5.74, 6) is 1.56. The maximum absolute atomic E-state index is 5.78. The van der Waals surface area contributed by atoms with Crippen LogP contribution in [0.4, 0.5) is 0 Å². The quantitative estimate of drug-likeness (QED) is 0.257. The Morgan fingerprint density at radius 1 is 0.625 bits per heavy atom. The van der Waals surface area contributed by atoms with E-state index < -0.39 is 0 Å². The first-order valence-corrected chi connectivity index (χ1v) is 11.7. The van der Waals surface area contributed by atoms with Gasteiger partial charge in [-0.15, -0.1) is 0 Å². The summed E-state index contributed by atoms with van der Waals surface area (Å²) in [6.45, 7) is 5.19. The minimum atomic E-state index is 0.606. The van der Waals surface area contributed by atoms with E-state index in [1.165, 1.54) is 26.4 Å². The molecule has 0 saturated heterocycles. The molecular formula is C29H27O2S+. The van der Waals surface area contributed by atoms with E-state index in [-0.39, 0.29) is 0 Å². The number of benzene rings is 3. The molecule has 32 heavy (non-hydrogen) atoms. The molecule has 0 unspecified atom stereocenters. The van der Waals surface area contributed by atoms with E-state index in [2.05, 4.69) is 91.0 Å². The molecule has 4 aromatic rings. The molecule has 0 fully saturated rings. The molecule has 1 aromatic heterocycles. The van der Waals surface area contributed by atoms with Gasteiger partial charge in [-0.2, -0.15) is 0 Å². The third-order valence-corrected chi connectivity index (χ3v) is 6.05. The second-order valence-electron chi connectivity index (χ2n) is 7.25. The smallest absolute Gasteiger partial charge is 0.239 e. The summed E-state index contributed by atoms with van der Waals surface area (Å²) in [5.41, 5.74) is 4.73. The number of hydrogen-bond acceptors (Lipinski definition) is 2. The van der Waals surface area contributed by atoms with Crippen LogP contribution in [0.25, 0.3) is 33.7 Å². The molecule has 0 aliphatic heterocycles. The van der Waals surface area contributed by atoms with Crippen molar-refractivity contribution in [3.63, 3.8) is 0 Å². The van der Waals surface area contributed by atoms with Gasteiger partial charge in [0.1, 0.15) is 0 Å². The Kier molecular flexibility index (Phi) is 7.31. The Balaban J connectivity index is 1.71. The Hall–Kier alpha value is -3.43. The SMILES string of the molecule is CCOc1ccc(C=Cc2cc(-c3ccccc3)cc(-c3ccccc3)[s+]2)cc1OCC. The van der Waals surface area contributed by atoms with Crippen LogP contribution < -0.4 is 9.47 Å². The van der Waals surface area contributed by atoms with E-state index in [1.807, 2.05) is 26.0 Å². The fourth-order valence-corrected chi connectivity index (χ4v) is 4.51. The Morgan fingerprint density at radius 3 is 1.97 bits per heavy atom. The van der Waals surface area contributed by atoms with Gasteiger partial charge in [-0.25, -0.2) is 0 Å². The average molecular weight is 440 g/mol. The molecule has 160 valence electrons. The van der Waals surface area contributed by atoms with Crippen LogP contribution in [0.1, 0.15) is 24.3 Å². The van der Waals surface area contributed by atoms with Crippen molar-refractivity contribution < 1.29 is 9.47 Å². The maximum Gasteiger partial charge on any atom is 0.239 e. The van der Waals surface area contributed by atoms with Crippen LogP contribution in [0, 0.1) is 0 Å². The van der Waals surface area contributed by atoms with Crippen molar-refractivity contribution in [3.8, 4) is 33.1 Å². The zero-order chi connectivity index (χ0) is 22.2.